The highest BCUT2D eigenvalue weighted by atomic mass is 14.8. The van der Waals surface area contributed by atoms with Gasteiger partial charge in [-0.3, -0.25) is 0 Å². The number of hydrogen-bond acceptors (Lipinski definition) is 1. The zero-order valence-corrected chi connectivity index (χ0v) is 18.4. The minimum Gasteiger partial charge on any atom is -0.248 e. The van der Waals surface area contributed by atoms with Crippen molar-refractivity contribution in [3.05, 3.63) is 132 Å². The van der Waals surface area contributed by atoms with Gasteiger partial charge in [0, 0.05) is 5.57 Å². The van der Waals surface area contributed by atoms with Gasteiger partial charge in [0.05, 0.1) is 11.4 Å². The van der Waals surface area contributed by atoms with Crippen LogP contribution in [0.1, 0.15) is 29.2 Å². The van der Waals surface area contributed by atoms with Crippen LogP contribution in [0, 0.1) is 13.8 Å². The fraction of sp³-hybridized carbons (Fsp3) is 0.100. The molecule has 152 valence electrons. The van der Waals surface area contributed by atoms with Crippen molar-refractivity contribution in [1.29, 1.82) is 0 Å². The Morgan fingerprint density at radius 1 is 0.710 bits per heavy atom. The summed E-state index contributed by atoms with van der Waals surface area (Å²) in [6.07, 6.45) is 8.26. The van der Waals surface area contributed by atoms with Crippen molar-refractivity contribution in [1.82, 2.24) is 0 Å². The van der Waals surface area contributed by atoms with E-state index in [0.717, 1.165) is 22.5 Å². The van der Waals surface area contributed by atoms with Crippen molar-refractivity contribution in [3.8, 4) is 11.1 Å². The summed E-state index contributed by atoms with van der Waals surface area (Å²) in [4.78, 5) is 4.89. The highest BCUT2D eigenvalue weighted by Crippen LogP contribution is 2.27. The highest BCUT2D eigenvalue weighted by Gasteiger charge is 2.11. The van der Waals surface area contributed by atoms with E-state index in [1.807, 2.05) is 12.1 Å². The number of nitrogens with zero attached hydrogens (tertiary/aromatic N) is 1. The smallest absolute Gasteiger partial charge is 0.0712 e. The molecule has 0 saturated carbocycles. The van der Waals surface area contributed by atoms with Gasteiger partial charge in [-0.2, -0.15) is 0 Å². The second kappa shape index (κ2) is 8.97. The minimum absolute atomic E-state index is 0.764. The third-order valence-electron chi connectivity index (χ3n) is 5.54. The van der Waals surface area contributed by atoms with Crippen LogP contribution >= 0.6 is 0 Å². The minimum atomic E-state index is 0.764. The second-order valence-corrected chi connectivity index (χ2v) is 8.02. The molecule has 31 heavy (non-hydrogen) atoms. The lowest BCUT2D eigenvalue weighted by molar-refractivity contribution is 1.38. The maximum atomic E-state index is 4.89. The van der Waals surface area contributed by atoms with Gasteiger partial charge >= 0.3 is 0 Å². The molecule has 1 heteroatoms. The summed E-state index contributed by atoms with van der Waals surface area (Å²) in [5.74, 6) is 0. The maximum absolute atomic E-state index is 4.89. The number of aryl methyl sites for hydroxylation is 2. The average molecular weight is 402 g/mol. The van der Waals surface area contributed by atoms with E-state index in [1.54, 1.807) is 0 Å². The number of hydrogen-bond donors (Lipinski definition) is 0. The predicted molar refractivity (Wildman–Crippen MR) is 135 cm³/mol. The molecule has 1 aliphatic carbocycles. The highest BCUT2D eigenvalue weighted by molar-refractivity contribution is 6.17. The third kappa shape index (κ3) is 4.73. The average Bonchev–Trinajstić information content (AvgIpc) is 2.79. The standard InChI is InChI=1S/C30H27N/c1-21-18-22(2)20-28(19-21)27-16-14-26(15-17-27)24(4)31-30-13-9-8-12-29(30)23(3)25-10-6-5-7-11-25/h5-20H,4H2,1-3H3/b29-23+,31-30?. The fourth-order valence-electron chi connectivity index (χ4n) is 3.94. The van der Waals surface area contributed by atoms with E-state index >= 15 is 0 Å². The van der Waals surface area contributed by atoms with E-state index in [4.69, 9.17) is 4.99 Å². The lowest BCUT2D eigenvalue weighted by Gasteiger charge is -2.13. The van der Waals surface area contributed by atoms with Crippen molar-refractivity contribution in [2.75, 3.05) is 0 Å². The molecule has 0 fully saturated rings. The van der Waals surface area contributed by atoms with Crippen molar-refractivity contribution in [3.63, 3.8) is 0 Å². The van der Waals surface area contributed by atoms with Crippen LogP contribution in [0.2, 0.25) is 0 Å². The quantitative estimate of drug-likeness (QED) is 0.420. The van der Waals surface area contributed by atoms with Crippen molar-refractivity contribution in [2.24, 2.45) is 4.99 Å². The summed E-state index contributed by atoms with van der Waals surface area (Å²) < 4.78 is 0. The zero-order chi connectivity index (χ0) is 21.8. The maximum Gasteiger partial charge on any atom is 0.0712 e. The van der Waals surface area contributed by atoms with Gasteiger partial charge in [-0.1, -0.05) is 109 Å². The van der Waals surface area contributed by atoms with Gasteiger partial charge in [-0.15, -0.1) is 0 Å². The second-order valence-electron chi connectivity index (χ2n) is 8.02. The van der Waals surface area contributed by atoms with Crippen LogP contribution in [-0.4, -0.2) is 5.71 Å². The molecule has 0 radical (unpaired) electrons. The van der Waals surface area contributed by atoms with Gasteiger partial charge in [0.1, 0.15) is 0 Å². The summed E-state index contributed by atoms with van der Waals surface area (Å²) in [6, 6.07) is 25.6. The van der Waals surface area contributed by atoms with Gasteiger partial charge in [-0.05, 0) is 54.7 Å². The monoisotopic (exact) mass is 401 g/mol. The van der Waals surface area contributed by atoms with Gasteiger partial charge in [0.2, 0.25) is 0 Å². The van der Waals surface area contributed by atoms with Gasteiger partial charge < -0.3 is 0 Å². The summed E-state index contributed by atoms with van der Waals surface area (Å²) >= 11 is 0. The molecule has 1 nitrogen and oxygen atoms in total. The first-order valence-corrected chi connectivity index (χ1v) is 10.6. The van der Waals surface area contributed by atoms with Crippen LogP contribution in [-0.2, 0) is 0 Å². The predicted octanol–water partition coefficient (Wildman–Crippen LogP) is 7.98. The Kier molecular flexibility index (Phi) is 5.95. The first-order chi connectivity index (χ1) is 15.0. The number of aliphatic imine (C=N–C) groups is 1. The summed E-state index contributed by atoms with van der Waals surface area (Å²) in [5, 5.41) is 0. The molecule has 3 aromatic carbocycles. The number of rotatable bonds is 4. The molecule has 0 spiro atoms. The summed E-state index contributed by atoms with van der Waals surface area (Å²) in [6.45, 7) is 10.7. The van der Waals surface area contributed by atoms with Crippen LogP contribution in [0.5, 0.6) is 0 Å². The van der Waals surface area contributed by atoms with E-state index < -0.39 is 0 Å². The first kappa shape index (κ1) is 20.6. The molecule has 4 rings (SSSR count). The van der Waals surface area contributed by atoms with Crippen molar-refractivity contribution in [2.45, 2.75) is 20.8 Å². The Labute approximate surface area is 185 Å². The normalized spacial score (nSPS) is 15.9. The Balaban J connectivity index is 1.63. The fourth-order valence-corrected chi connectivity index (χ4v) is 3.94. The van der Waals surface area contributed by atoms with Gasteiger partial charge in [0.15, 0.2) is 0 Å². The van der Waals surface area contributed by atoms with Crippen molar-refractivity contribution < 1.29 is 0 Å². The van der Waals surface area contributed by atoms with E-state index in [0.29, 0.717) is 0 Å². The Bertz CT molecular complexity index is 1210. The lowest BCUT2D eigenvalue weighted by Crippen LogP contribution is -2.03. The Morgan fingerprint density at radius 3 is 2.03 bits per heavy atom. The molecule has 0 unspecified atom stereocenters. The molecule has 0 bridgehead atoms. The molecule has 1 aliphatic rings. The van der Waals surface area contributed by atoms with Crippen LogP contribution < -0.4 is 0 Å². The summed E-state index contributed by atoms with van der Waals surface area (Å²) in [5.41, 5.74) is 11.3. The largest absolute Gasteiger partial charge is 0.248 e. The molecule has 0 N–H and O–H groups in total. The van der Waals surface area contributed by atoms with Gasteiger partial charge in [-0.25, -0.2) is 4.99 Å². The van der Waals surface area contributed by atoms with Crippen LogP contribution in [0.4, 0.5) is 0 Å². The van der Waals surface area contributed by atoms with Crippen LogP contribution in [0.3, 0.4) is 0 Å². The van der Waals surface area contributed by atoms with Crippen molar-refractivity contribution >= 4 is 17.0 Å². The number of benzene rings is 3. The van der Waals surface area contributed by atoms with E-state index in [-0.39, 0.29) is 0 Å². The Hall–Kier alpha value is -3.71. The molecule has 0 amide bonds. The molecule has 0 aliphatic heterocycles. The lowest BCUT2D eigenvalue weighted by atomic mass is 9.95. The van der Waals surface area contributed by atoms with E-state index in [2.05, 4.69) is 112 Å². The zero-order valence-electron chi connectivity index (χ0n) is 18.4. The van der Waals surface area contributed by atoms with Crippen LogP contribution in [0.15, 0.2) is 114 Å². The third-order valence-corrected chi connectivity index (χ3v) is 5.54. The topological polar surface area (TPSA) is 12.4 Å². The molecule has 0 saturated heterocycles. The summed E-state index contributed by atoms with van der Waals surface area (Å²) in [7, 11) is 0. The van der Waals surface area contributed by atoms with Crippen LogP contribution in [0.25, 0.3) is 22.4 Å². The molecule has 0 atom stereocenters. The first-order valence-electron chi connectivity index (χ1n) is 10.6. The Morgan fingerprint density at radius 2 is 1.35 bits per heavy atom. The molecule has 0 aromatic heterocycles. The van der Waals surface area contributed by atoms with E-state index in [1.165, 1.54) is 33.4 Å². The molecular weight excluding hydrogens is 374 g/mol. The van der Waals surface area contributed by atoms with Gasteiger partial charge in [0.25, 0.3) is 0 Å². The molecule has 3 aromatic rings. The SMILES string of the molecule is C=C(N=C1C=CC=C/C1=C(/C)c1ccccc1)c1ccc(-c2cc(C)cc(C)c2)cc1. The molecular formula is C30H27N. The number of allylic oxidation sites excluding steroid dienone is 6. The molecule has 0 heterocycles. The van der Waals surface area contributed by atoms with E-state index in [9.17, 15) is 0 Å².